The predicted octanol–water partition coefficient (Wildman–Crippen LogP) is 5.78. The number of aliphatic hydroxyl groups excluding tert-OH is 1. The summed E-state index contributed by atoms with van der Waals surface area (Å²) in [6.45, 7) is 10.7. The first-order chi connectivity index (χ1) is 21.7. The Kier molecular flexibility index (Phi) is 8.75. The van der Waals surface area contributed by atoms with E-state index < -0.39 is 11.4 Å². The van der Waals surface area contributed by atoms with Gasteiger partial charge in [-0.1, -0.05) is 24.3 Å². The van der Waals surface area contributed by atoms with Gasteiger partial charge in [0.25, 0.3) is 11.8 Å². The zero-order valence-corrected chi connectivity index (χ0v) is 26.0. The van der Waals surface area contributed by atoms with E-state index in [1.165, 1.54) is 11.9 Å². The maximum atomic E-state index is 14.3. The van der Waals surface area contributed by atoms with Crippen LogP contribution in [0.2, 0.25) is 0 Å². The number of aromatic nitrogens is 1. The van der Waals surface area contributed by atoms with Crippen LogP contribution in [0.3, 0.4) is 0 Å². The summed E-state index contributed by atoms with van der Waals surface area (Å²) in [5.41, 5.74) is 8.62. The van der Waals surface area contributed by atoms with E-state index in [9.17, 15) is 14.7 Å². The maximum absolute atomic E-state index is 14.3. The molecule has 0 radical (unpaired) electrons. The SMILES string of the molecule is CC#N.CCNc1cc2c(cc1C)C1(c3cc(C)c(NCC)cc3O2)c2ccccc2C(=O)N1NC(=O)c1cccc(CO)n1. The Morgan fingerprint density at radius 2 is 1.51 bits per heavy atom. The van der Waals surface area contributed by atoms with Crippen LogP contribution in [0.4, 0.5) is 11.4 Å². The van der Waals surface area contributed by atoms with Crippen LogP contribution in [0, 0.1) is 25.2 Å². The van der Waals surface area contributed by atoms with Crippen molar-refractivity contribution in [2.45, 2.75) is 46.8 Å². The van der Waals surface area contributed by atoms with Crippen molar-refractivity contribution >= 4 is 23.2 Å². The number of hydrazine groups is 1. The third-order valence-corrected chi connectivity index (χ3v) is 7.89. The molecule has 10 heteroatoms. The Balaban J connectivity index is 0.00000128. The summed E-state index contributed by atoms with van der Waals surface area (Å²) >= 11 is 0. The van der Waals surface area contributed by atoms with E-state index in [2.05, 4.69) is 21.0 Å². The molecule has 1 aromatic heterocycles. The van der Waals surface area contributed by atoms with Crippen LogP contribution in [-0.4, -0.2) is 40.0 Å². The van der Waals surface area contributed by atoms with Gasteiger partial charge in [-0.25, -0.2) is 9.99 Å². The molecule has 3 heterocycles. The lowest BCUT2D eigenvalue weighted by Crippen LogP contribution is -2.56. The van der Waals surface area contributed by atoms with Gasteiger partial charge in [-0.2, -0.15) is 5.26 Å². The number of nitriles is 1. The van der Waals surface area contributed by atoms with Gasteiger partial charge in [-0.3, -0.25) is 15.0 Å². The molecule has 0 atom stereocenters. The second-order valence-corrected chi connectivity index (χ2v) is 10.7. The van der Waals surface area contributed by atoms with Crippen molar-refractivity contribution in [2.75, 3.05) is 23.7 Å². The molecule has 0 bridgehead atoms. The minimum atomic E-state index is -1.23. The van der Waals surface area contributed by atoms with E-state index in [0.29, 0.717) is 22.8 Å². The summed E-state index contributed by atoms with van der Waals surface area (Å²) in [6.07, 6.45) is 0. The largest absolute Gasteiger partial charge is 0.456 e. The normalized spacial score (nSPS) is 13.4. The number of pyridine rings is 1. The molecule has 10 nitrogen and oxygen atoms in total. The molecule has 6 rings (SSSR count). The third-order valence-electron chi connectivity index (χ3n) is 7.89. The van der Waals surface area contributed by atoms with Crippen molar-refractivity contribution in [3.8, 4) is 17.6 Å². The van der Waals surface area contributed by atoms with E-state index >= 15 is 0 Å². The van der Waals surface area contributed by atoms with Gasteiger partial charge in [0.05, 0.1) is 18.4 Å². The van der Waals surface area contributed by atoms with Crippen LogP contribution in [0.15, 0.2) is 66.7 Å². The number of aryl methyl sites for hydroxylation is 2. The number of ether oxygens (including phenoxy) is 1. The van der Waals surface area contributed by atoms with Crippen LogP contribution < -0.4 is 20.8 Å². The van der Waals surface area contributed by atoms with Crippen molar-refractivity contribution in [1.29, 1.82) is 5.26 Å². The Bertz CT molecular complexity index is 1770. The zero-order chi connectivity index (χ0) is 32.3. The third kappa shape index (κ3) is 5.21. The fourth-order valence-electron chi connectivity index (χ4n) is 6.03. The van der Waals surface area contributed by atoms with Crippen LogP contribution in [-0.2, 0) is 12.1 Å². The number of amides is 2. The molecule has 2 aliphatic rings. The maximum Gasteiger partial charge on any atom is 0.288 e. The lowest BCUT2D eigenvalue weighted by Gasteiger charge is -2.44. The first-order valence-corrected chi connectivity index (χ1v) is 14.8. The number of aliphatic hydroxyl groups is 1. The molecule has 0 aliphatic carbocycles. The quantitative estimate of drug-likeness (QED) is 0.208. The molecule has 230 valence electrons. The number of nitrogens with one attached hydrogen (secondary N) is 3. The monoisotopic (exact) mass is 604 g/mol. The average Bonchev–Trinajstić information content (AvgIpc) is 3.27. The molecule has 2 aliphatic heterocycles. The second-order valence-electron chi connectivity index (χ2n) is 10.7. The molecule has 3 aromatic carbocycles. The number of carbonyl (C=O) groups is 2. The molecule has 0 unspecified atom stereocenters. The first-order valence-electron chi connectivity index (χ1n) is 14.8. The van der Waals surface area contributed by atoms with E-state index in [1.807, 2.05) is 70.2 Å². The Labute approximate surface area is 262 Å². The van der Waals surface area contributed by atoms with Crippen LogP contribution in [0.25, 0.3) is 0 Å². The molecule has 4 N–H and O–H groups in total. The number of fused-ring (bicyclic) bond motifs is 6. The van der Waals surface area contributed by atoms with Gasteiger partial charge in [0.2, 0.25) is 0 Å². The van der Waals surface area contributed by atoms with Gasteiger partial charge < -0.3 is 20.5 Å². The van der Waals surface area contributed by atoms with Gasteiger partial charge in [0.1, 0.15) is 22.7 Å². The number of benzene rings is 3. The fourth-order valence-corrected chi connectivity index (χ4v) is 6.03. The highest BCUT2D eigenvalue weighted by Gasteiger charge is 2.57. The van der Waals surface area contributed by atoms with E-state index in [1.54, 1.807) is 30.3 Å². The number of hydrogen-bond acceptors (Lipinski definition) is 8. The molecule has 4 aromatic rings. The molecular weight excluding hydrogens is 568 g/mol. The molecule has 0 saturated carbocycles. The highest BCUT2D eigenvalue weighted by atomic mass is 16.5. The number of nitrogens with zero attached hydrogens (tertiary/aromatic N) is 3. The van der Waals surface area contributed by atoms with E-state index in [-0.39, 0.29) is 18.2 Å². The second kappa shape index (κ2) is 12.7. The number of carbonyl (C=O) groups excluding carboxylic acids is 2. The van der Waals surface area contributed by atoms with Gasteiger partial charge in [0, 0.05) is 65.8 Å². The van der Waals surface area contributed by atoms with Gasteiger partial charge in [-0.15, -0.1) is 0 Å². The fraction of sp³-hybridized carbons (Fsp3) is 0.257. The number of anilines is 2. The summed E-state index contributed by atoms with van der Waals surface area (Å²) in [6, 6.07) is 22.0. The molecular formula is C35H36N6O4. The van der Waals surface area contributed by atoms with E-state index in [4.69, 9.17) is 10.00 Å². The molecule has 45 heavy (non-hydrogen) atoms. The van der Waals surface area contributed by atoms with Gasteiger partial charge in [-0.05, 0) is 69.2 Å². The Morgan fingerprint density at radius 1 is 0.933 bits per heavy atom. The summed E-state index contributed by atoms with van der Waals surface area (Å²) < 4.78 is 6.60. The topological polar surface area (TPSA) is 140 Å². The van der Waals surface area contributed by atoms with Gasteiger partial charge >= 0.3 is 0 Å². The number of hydrogen-bond donors (Lipinski definition) is 4. The van der Waals surface area contributed by atoms with Crippen LogP contribution in [0.1, 0.15) is 75.1 Å². The van der Waals surface area contributed by atoms with Crippen LogP contribution in [0.5, 0.6) is 11.5 Å². The van der Waals surface area contributed by atoms with Crippen LogP contribution >= 0.6 is 0 Å². The average molecular weight is 605 g/mol. The Hall–Kier alpha value is -5.40. The summed E-state index contributed by atoms with van der Waals surface area (Å²) in [7, 11) is 0. The van der Waals surface area contributed by atoms with Crippen molar-refractivity contribution in [2.24, 2.45) is 0 Å². The standard InChI is InChI=1S/C33H33N5O4.C2H3N/c1-5-34-27-16-29-24(14-19(27)3)33(25-15-20(4)28(35-6-2)17-30(25)42-29)23-12-8-7-11-22(23)32(41)38(33)37-31(40)26-13-9-10-21(18-39)36-26;1-2-3/h7-17,34-35,39H,5-6,18H2,1-4H3,(H,37,40);1H3. The van der Waals surface area contributed by atoms with Gasteiger partial charge in [0.15, 0.2) is 0 Å². The summed E-state index contributed by atoms with van der Waals surface area (Å²) in [5, 5.41) is 25.1. The molecule has 1 spiro atoms. The first kappa shape index (κ1) is 31.0. The Morgan fingerprint density at radius 3 is 2.07 bits per heavy atom. The minimum Gasteiger partial charge on any atom is -0.456 e. The highest BCUT2D eigenvalue weighted by molar-refractivity contribution is 6.04. The smallest absolute Gasteiger partial charge is 0.288 e. The molecule has 0 saturated heterocycles. The van der Waals surface area contributed by atoms with Crippen molar-refractivity contribution in [1.82, 2.24) is 15.4 Å². The zero-order valence-electron chi connectivity index (χ0n) is 26.0. The lowest BCUT2D eigenvalue weighted by atomic mass is 9.74. The van der Waals surface area contributed by atoms with Crippen molar-refractivity contribution in [3.05, 3.63) is 111 Å². The molecule has 0 fully saturated rings. The highest BCUT2D eigenvalue weighted by Crippen LogP contribution is 2.58. The predicted molar refractivity (Wildman–Crippen MR) is 172 cm³/mol. The number of rotatable bonds is 7. The molecule has 2 amide bonds. The lowest BCUT2D eigenvalue weighted by molar-refractivity contribution is 0.0445. The summed E-state index contributed by atoms with van der Waals surface area (Å²) in [5.74, 6) is 0.249. The van der Waals surface area contributed by atoms with E-state index in [0.717, 1.165) is 52.3 Å². The van der Waals surface area contributed by atoms with Crippen molar-refractivity contribution < 1.29 is 19.4 Å². The summed E-state index contributed by atoms with van der Waals surface area (Å²) in [4.78, 5) is 32.3. The minimum absolute atomic E-state index is 0.0883. The van der Waals surface area contributed by atoms with Crippen molar-refractivity contribution in [3.63, 3.8) is 0 Å².